The van der Waals surface area contributed by atoms with Crippen molar-refractivity contribution in [3.8, 4) is 17.2 Å². The summed E-state index contributed by atoms with van der Waals surface area (Å²) in [6.07, 6.45) is 0. The van der Waals surface area contributed by atoms with E-state index in [1.807, 2.05) is 0 Å². The largest absolute Gasteiger partial charge is 0.435 e. The molecule has 0 saturated heterocycles. The van der Waals surface area contributed by atoms with Crippen LogP contribution >= 0.6 is 0 Å². The van der Waals surface area contributed by atoms with Crippen LogP contribution in [0.2, 0.25) is 0 Å². The van der Waals surface area contributed by atoms with Gasteiger partial charge in [-0.05, 0) is 25.2 Å². The van der Waals surface area contributed by atoms with Crippen molar-refractivity contribution in [3.63, 3.8) is 0 Å². The molecule has 96 valence electrons. The Labute approximate surface area is 102 Å². The third-order valence-corrected chi connectivity index (χ3v) is 2.10. The van der Waals surface area contributed by atoms with E-state index >= 15 is 0 Å². The lowest BCUT2D eigenvalue weighted by atomic mass is 10.2. The minimum absolute atomic E-state index is 0.0517. The van der Waals surface area contributed by atoms with Crippen LogP contribution < -0.4 is 10.1 Å². The maximum Gasteiger partial charge on any atom is 0.387 e. The van der Waals surface area contributed by atoms with Gasteiger partial charge in [0.1, 0.15) is 5.75 Å². The molecule has 0 unspecified atom stereocenters. The van der Waals surface area contributed by atoms with Gasteiger partial charge in [-0.3, -0.25) is 0 Å². The van der Waals surface area contributed by atoms with E-state index in [0.717, 1.165) is 0 Å². The first kappa shape index (κ1) is 12.4. The monoisotopic (exact) mass is 255 g/mol. The number of ether oxygens (including phenoxy) is 1. The Hall–Kier alpha value is -2.02. The summed E-state index contributed by atoms with van der Waals surface area (Å²) in [6, 6.07) is 6.10. The van der Waals surface area contributed by atoms with Crippen LogP contribution in [0.25, 0.3) is 11.5 Å². The van der Waals surface area contributed by atoms with Crippen molar-refractivity contribution < 1.29 is 17.9 Å². The average Bonchev–Trinajstić information content (AvgIpc) is 2.78. The molecule has 0 radical (unpaired) electrons. The van der Waals surface area contributed by atoms with Crippen molar-refractivity contribution in [1.82, 2.24) is 15.5 Å². The number of aromatic nitrogens is 2. The predicted molar refractivity (Wildman–Crippen MR) is 59.1 cm³/mol. The quantitative estimate of drug-likeness (QED) is 0.886. The fourth-order valence-corrected chi connectivity index (χ4v) is 1.40. The Balaban J connectivity index is 2.21. The van der Waals surface area contributed by atoms with Gasteiger partial charge >= 0.3 is 6.61 Å². The molecule has 0 fully saturated rings. The molecule has 1 N–H and O–H groups in total. The molecule has 0 atom stereocenters. The van der Waals surface area contributed by atoms with Crippen molar-refractivity contribution in [2.45, 2.75) is 13.2 Å². The van der Waals surface area contributed by atoms with Gasteiger partial charge in [-0.15, -0.1) is 10.2 Å². The van der Waals surface area contributed by atoms with Crippen molar-refractivity contribution in [2.75, 3.05) is 7.05 Å². The standard InChI is InChI=1S/C11H11F2N3O2/c1-14-6-9-15-16-10(18-9)7-3-2-4-8(5-7)17-11(12)13/h2-5,11,14H,6H2,1H3. The molecular weight excluding hydrogens is 244 g/mol. The minimum Gasteiger partial charge on any atom is -0.435 e. The Morgan fingerprint density at radius 3 is 2.94 bits per heavy atom. The van der Waals surface area contributed by atoms with Crippen LogP contribution in [-0.2, 0) is 6.54 Å². The van der Waals surface area contributed by atoms with E-state index in [9.17, 15) is 8.78 Å². The van der Waals surface area contributed by atoms with Crippen LogP contribution in [0.1, 0.15) is 5.89 Å². The minimum atomic E-state index is -2.86. The molecule has 1 aromatic heterocycles. The molecule has 0 saturated carbocycles. The summed E-state index contributed by atoms with van der Waals surface area (Å²) in [5.74, 6) is 0.739. The van der Waals surface area contributed by atoms with Gasteiger partial charge in [0.15, 0.2) is 0 Å². The third-order valence-electron chi connectivity index (χ3n) is 2.10. The topological polar surface area (TPSA) is 60.2 Å². The van der Waals surface area contributed by atoms with Crippen LogP contribution in [0.4, 0.5) is 8.78 Å². The maximum absolute atomic E-state index is 12.1. The van der Waals surface area contributed by atoms with Crippen LogP contribution in [0.5, 0.6) is 5.75 Å². The van der Waals surface area contributed by atoms with Crippen LogP contribution in [0.15, 0.2) is 28.7 Å². The number of nitrogens with one attached hydrogen (secondary N) is 1. The lowest BCUT2D eigenvalue weighted by molar-refractivity contribution is -0.0498. The molecule has 0 bridgehead atoms. The number of hydrogen-bond acceptors (Lipinski definition) is 5. The van der Waals surface area contributed by atoms with E-state index in [-0.39, 0.29) is 11.6 Å². The number of rotatable bonds is 5. The molecule has 18 heavy (non-hydrogen) atoms. The second kappa shape index (κ2) is 5.54. The van der Waals surface area contributed by atoms with Gasteiger partial charge in [-0.25, -0.2) is 0 Å². The summed E-state index contributed by atoms with van der Waals surface area (Å²) in [5, 5.41) is 10.5. The summed E-state index contributed by atoms with van der Waals surface area (Å²) < 4.78 is 33.8. The summed E-state index contributed by atoms with van der Waals surface area (Å²) in [7, 11) is 1.75. The molecule has 2 rings (SSSR count). The molecule has 7 heteroatoms. The first-order chi connectivity index (χ1) is 8.69. The molecular formula is C11H11F2N3O2. The van der Waals surface area contributed by atoms with Gasteiger partial charge in [0.25, 0.3) is 0 Å². The van der Waals surface area contributed by atoms with Gasteiger partial charge in [-0.2, -0.15) is 8.78 Å². The molecule has 0 spiro atoms. The Morgan fingerprint density at radius 1 is 1.39 bits per heavy atom. The van der Waals surface area contributed by atoms with Gasteiger partial charge in [-0.1, -0.05) is 6.07 Å². The summed E-state index contributed by atoms with van der Waals surface area (Å²) in [6.45, 7) is -2.41. The van der Waals surface area contributed by atoms with E-state index in [4.69, 9.17) is 4.42 Å². The van der Waals surface area contributed by atoms with Crippen LogP contribution in [-0.4, -0.2) is 23.9 Å². The smallest absolute Gasteiger partial charge is 0.387 e. The molecule has 0 aliphatic carbocycles. The molecule has 2 aromatic rings. The van der Waals surface area contributed by atoms with E-state index in [1.54, 1.807) is 19.2 Å². The van der Waals surface area contributed by atoms with Gasteiger partial charge in [0.2, 0.25) is 11.8 Å². The lowest BCUT2D eigenvalue weighted by Crippen LogP contribution is -2.04. The zero-order chi connectivity index (χ0) is 13.0. The number of hydrogen-bond donors (Lipinski definition) is 1. The van der Waals surface area contributed by atoms with Gasteiger partial charge in [0.05, 0.1) is 6.54 Å². The zero-order valence-corrected chi connectivity index (χ0v) is 9.56. The maximum atomic E-state index is 12.1. The molecule has 1 aromatic carbocycles. The second-order valence-corrected chi connectivity index (χ2v) is 3.44. The number of nitrogens with zero attached hydrogens (tertiary/aromatic N) is 2. The molecule has 0 aliphatic rings. The first-order valence-corrected chi connectivity index (χ1v) is 5.21. The summed E-state index contributed by atoms with van der Waals surface area (Å²) >= 11 is 0. The highest BCUT2D eigenvalue weighted by Gasteiger charge is 2.10. The molecule has 0 amide bonds. The third kappa shape index (κ3) is 3.01. The van der Waals surface area contributed by atoms with E-state index in [0.29, 0.717) is 18.0 Å². The lowest BCUT2D eigenvalue weighted by Gasteiger charge is -2.04. The van der Waals surface area contributed by atoms with E-state index in [2.05, 4.69) is 20.3 Å². The molecule has 0 aliphatic heterocycles. The van der Waals surface area contributed by atoms with Crippen LogP contribution in [0, 0.1) is 0 Å². The van der Waals surface area contributed by atoms with Crippen LogP contribution in [0.3, 0.4) is 0 Å². The summed E-state index contributed by atoms with van der Waals surface area (Å²) in [4.78, 5) is 0. The van der Waals surface area contributed by atoms with E-state index < -0.39 is 6.61 Å². The van der Waals surface area contributed by atoms with Crippen molar-refractivity contribution in [3.05, 3.63) is 30.2 Å². The zero-order valence-electron chi connectivity index (χ0n) is 9.56. The first-order valence-electron chi connectivity index (χ1n) is 5.21. The highest BCUT2D eigenvalue weighted by molar-refractivity contribution is 5.55. The second-order valence-electron chi connectivity index (χ2n) is 3.44. The SMILES string of the molecule is CNCc1nnc(-c2cccc(OC(F)F)c2)o1. The normalized spacial score (nSPS) is 10.9. The Morgan fingerprint density at radius 2 is 2.22 bits per heavy atom. The Bertz CT molecular complexity index is 516. The number of halogens is 2. The fourth-order valence-electron chi connectivity index (χ4n) is 1.40. The van der Waals surface area contributed by atoms with Crippen molar-refractivity contribution in [1.29, 1.82) is 0 Å². The highest BCUT2D eigenvalue weighted by atomic mass is 19.3. The van der Waals surface area contributed by atoms with Crippen molar-refractivity contribution >= 4 is 0 Å². The predicted octanol–water partition coefficient (Wildman–Crippen LogP) is 2.06. The number of alkyl halides is 2. The average molecular weight is 255 g/mol. The van der Waals surface area contributed by atoms with Crippen molar-refractivity contribution in [2.24, 2.45) is 0 Å². The Kier molecular flexibility index (Phi) is 3.83. The van der Waals surface area contributed by atoms with Gasteiger partial charge < -0.3 is 14.5 Å². The summed E-state index contributed by atoms with van der Waals surface area (Å²) in [5.41, 5.74) is 0.531. The van der Waals surface area contributed by atoms with E-state index in [1.165, 1.54) is 12.1 Å². The highest BCUT2D eigenvalue weighted by Crippen LogP contribution is 2.23. The van der Waals surface area contributed by atoms with Gasteiger partial charge in [0, 0.05) is 5.56 Å². The molecule has 1 heterocycles. The fraction of sp³-hybridized carbons (Fsp3) is 0.273. The number of benzene rings is 1. The molecule has 5 nitrogen and oxygen atoms in total.